The first-order valence-electron chi connectivity index (χ1n) is 5.18. The van der Waals surface area contributed by atoms with E-state index in [2.05, 4.69) is 24.4 Å². The average Bonchev–Trinajstić information content (AvgIpc) is 2.30. The summed E-state index contributed by atoms with van der Waals surface area (Å²) in [6.45, 7) is 2.46. The Morgan fingerprint density at radius 1 is 1.39 bits per heavy atom. The van der Waals surface area contributed by atoms with E-state index in [9.17, 15) is 13.2 Å². The second kappa shape index (κ2) is 9.62. The van der Waals surface area contributed by atoms with Crippen LogP contribution in [0, 0.1) is 6.07 Å². The summed E-state index contributed by atoms with van der Waals surface area (Å²) in [4.78, 5) is 0. The van der Waals surface area contributed by atoms with Crippen LogP contribution >= 0.6 is 13.6 Å². The van der Waals surface area contributed by atoms with Crippen LogP contribution in [0.4, 0.5) is 13.2 Å². The van der Waals surface area contributed by atoms with E-state index in [4.69, 9.17) is 4.74 Å². The maximum atomic E-state index is 11.9. The van der Waals surface area contributed by atoms with Gasteiger partial charge in [-0.25, -0.2) is 0 Å². The first-order valence-corrected chi connectivity index (χ1v) is 12.1. The van der Waals surface area contributed by atoms with E-state index in [1.54, 1.807) is 0 Å². The van der Waals surface area contributed by atoms with E-state index < -0.39 is 6.36 Å². The van der Waals surface area contributed by atoms with Crippen LogP contribution in [0.25, 0.3) is 0 Å². The third-order valence-electron chi connectivity index (χ3n) is 1.74. The van der Waals surface area contributed by atoms with Crippen LogP contribution in [-0.2, 0) is 16.3 Å². The molecule has 0 atom stereocenters. The van der Waals surface area contributed by atoms with Crippen molar-refractivity contribution in [3.63, 3.8) is 0 Å². The Kier molecular flexibility index (Phi) is 9.47. The number of benzene rings is 1. The summed E-state index contributed by atoms with van der Waals surface area (Å²) in [6, 6.07) is 6.37. The monoisotopic (exact) mass is 376 g/mol. The zero-order chi connectivity index (χ0) is 14.0. The van der Waals surface area contributed by atoms with Gasteiger partial charge in [0, 0.05) is 11.5 Å². The van der Waals surface area contributed by atoms with Gasteiger partial charge in [-0.2, -0.15) is 6.07 Å². The zero-order valence-electron chi connectivity index (χ0n) is 9.89. The average molecular weight is 379 g/mol. The summed E-state index contributed by atoms with van der Waals surface area (Å²) < 4.78 is 44.7. The van der Waals surface area contributed by atoms with Crippen molar-refractivity contribution in [2.24, 2.45) is 0 Å². The van der Waals surface area contributed by atoms with Crippen molar-refractivity contribution in [1.29, 1.82) is 0 Å². The SMILES string of the molecule is CCCCOc1[c-]ccc(OC(F)(F)F)c1.[Zn+][Br]. The Morgan fingerprint density at radius 2 is 2.06 bits per heavy atom. The van der Waals surface area contributed by atoms with E-state index in [1.165, 1.54) is 34.5 Å². The summed E-state index contributed by atoms with van der Waals surface area (Å²) >= 11 is 4.25. The van der Waals surface area contributed by atoms with E-state index in [-0.39, 0.29) is 11.5 Å². The number of hydrogen-bond donors (Lipinski definition) is 0. The fourth-order valence-corrected chi connectivity index (χ4v) is 1.03. The normalized spacial score (nSPS) is 10.4. The number of ether oxygens (including phenoxy) is 2. The molecule has 0 unspecified atom stereocenters. The fraction of sp³-hybridized carbons (Fsp3) is 0.455. The van der Waals surface area contributed by atoms with E-state index >= 15 is 0 Å². The van der Waals surface area contributed by atoms with Gasteiger partial charge < -0.3 is 9.47 Å². The molecule has 0 radical (unpaired) electrons. The van der Waals surface area contributed by atoms with Crippen molar-refractivity contribution < 1.29 is 39.0 Å². The molecule has 1 aromatic carbocycles. The molecular weight excluding hydrogens is 366 g/mol. The van der Waals surface area contributed by atoms with Gasteiger partial charge in [0.1, 0.15) is 0 Å². The molecule has 0 saturated heterocycles. The van der Waals surface area contributed by atoms with Crippen LogP contribution in [-0.4, -0.2) is 13.0 Å². The van der Waals surface area contributed by atoms with Crippen LogP contribution in [0.2, 0.25) is 0 Å². The third-order valence-corrected chi connectivity index (χ3v) is 1.74. The second-order valence-electron chi connectivity index (χ2n) is 3.14. The molecule has 0 aliphatic carbocycles. The van der Waals surface area contributed by atoms with Crippen LogP contribution in [0.15, 0.2) is 18.2 Å². The van der Waals surface area contributed by atoms with Crippen molar-refractivity contribution >= 4 is 13.6 Å². The van der Waals surface area contributed by atoms with Crippen LogP contribution in [0.1, 0.15) is 19.8 Å². The Labute approximate surface area is 121 Å². The van der Waals surface area contributed by atoms with Gasteiger partial charge in [-0.15, -0.1) is 25.3 Å². The molecule has 0 aliphatic heterocycles. The van der Waals surface area contributed by atoms with E-state index in [1.807, 2.05) is 6.92 Å². The maximum absolute atomic E-state index is 11.9. The van der Waals surface area contributed by atoms with Gasteiger partial charge in [-0.1, -0.05) is 19.4 Å². The summed E-state index contributed by atoms with van der Waals surface area (Å²) in [6.07, 6.45) is -2.88. The van der Waals surface area contributed by atoms with Gasteiger partial charge in [0.05, 0.1) is 6.61 Å². The van der Waals surface area contributed by atoms with Crippen molar-refractivity contribution in [3.05, 3.63) is 24.3 Å². The molecule has 0 saturated carbocycles. The van der Waals surface area contributed by atoms with Crippen LogP contribution < -0.4 is 9.47 Å². The Hall–Kier alpha value is -0.287. The first-order chi connectivity index (χ1) is 8.51. The number of rotatable bonds is 5. The molecule has 2 nitrogen and oxygen atoms in total. The number of hydrogen-bond acceptors (Lipinski definition) is 2. The third kappa shape index (κ3) is 8.75. The van der Waals surface area contributed by atoms with Gasteiger partial charge in [-0.3, -0.25) is 0 Å². The summed E-state index contributed by atoms with van der Waals surface area (Å²) in [5.74, 6) is -0.0343. The number of alkyl halides is 3. The molecule has 0 aromatic heterocycles. The molecule has 0 N–H and O–H groups in total. The topological polar surface area (TPSA) is 18.5 Å². The zero-order valence-corrected chi connectivity index (χ0v) is 14.4. The molecular formula is C11H12BrF3O2Zn. The van der Waals surface area contributed by atoms with Crippen LogP contribution in [0.3, 0.4) is 0 Å². The quantitative estimate of drug-likeness (QED) is 0.429. The summed E-state index contributed by atoms with van der Waals surface area (Å²) in [7, 11) is 0. The minimum atomic E-state index is -4.68. The van der Waals surface area contributed by atoms with Crippen molar-refractivity contribution in [2.45, 2.75) is 26.1 Å². The molecule has 98 valence electrons. The minimum absolute atomic E-state index is 0.259. The Balaban J connectivity index is 0.00000137. The van der Waals surface area contributed by atoms with Crippen molar-refractivity contribution in [1.82, 2.24) is 0 Å². The molecule has 7 heteroatoms. The standard InChI is InChI=1S/C11H12F3O2.BrH.Zn/c1-2-3-7-15-9-5-4-6-10(8-9)16-11(12,13)14;;/h4,6,8H,2-3,7H2,1H3;1H;/q-1;;+2/p-1. The van der Waals surface area contributed by atoms with E-state index in [0.717, 1.165) is 12.8 Å². The van der Waals surface area contributed by atoms with Gasteiger partial charge in [0.15, 0.2) is 0 Å². The Bertz CT molecular complexity index is 334. The van der Waals surface area contributed by atoms with Crippen LogP contribution in [0.5, 0.6) is 11.5 Å². The molecule has 0 fully saturated rings. The van der Waals surface area contributed by atoms with Crippen molar-refractivity contribution in [2.75, 3.05) is 6.61 Å². The van der Waals surface area contributed by atoms with Gasteiger partial charge in [-0.05, 0) is 6.42 Å². The van der Waals surface area contributed by atoms with Gasteiger partial charge in [0.2, 0.25) is 0 Å². The fourth-order valence-electron chi connectivity index (χ4n) is 1.03. The van der Waals surface area contributed by atoms with Gasteiger partial charge >= 0.3 is 36.3 Å². The second-order valence-corrected chi connectivity index (χ2v) is 3.14. The molecule has 1 rings (SSSR count). The number of halogens is 4. The van der Waals surface area contributed by atoms with Gasteiger partial charge in [0.25, 0.3) is 0 Å². The summed E-state index contributed by atoms with van der Waals surface area (Å²) in [5, 5.41) is 0. The van der Waals surface area contributed by atoms with E-state index in [0.29, 0.717) is 6.61 Å². The molecule has 0 spiro atoms. The molecule has 0 heterocycles. The molecule has 0 bridgehead atoms. The Morgan fingerprint density at radius 3 is 2.61 bits per heavy atom. The predicted molar refractivity (Wildman–Crippen MR) is 61.3 cm³/mol. The summed E-state index contributed by atoms with van der Waals surface area (Å²) in [5.41, 5.74) is 0. The molecule has 0 aliphatic rings. The molecule has 18 heavy (non-hydrogen) atoms. The molecule has 0 amide bonds. The first kappa shape index (κ1) is 17.7. The van der Waals surface area contributed by atoms with Crippen molar-refractivity contribution in [3.8, 4) is 11.5 Å². The molecule has 1 aromatic rings. The predicted octanol–water partition coefficient (Wildman–Crippen LogP) is 4.41. The number of unbranched alkanes of at least 4 members (excludes halogenated alkanes) is 1.